The number of aliphatic hydroxyl groups excluding tert-OH is 1. The number of likely N-dealkylation sites (tertiary alicyclic amines) is 1. The highest BCUT2D eigenvalue weighted by Crippen LogP contribution is 2.40. The predicted molar refractivity (Wildman–Crippen MR) is 165 cm³/mol. The first-order valence-corrected chi connectivity index (χ1v) is 15.6. The van der Waals surface area contributed by atoms with Crippen LogP contribution in [-0.4, -0.2) is 40.3 Å². The second kappa shape index (κ2) is 17.3. The number of ketones is 1. The highest BCUT2D eigenvalue weighted by atomic mass is 16.6. The van der Waals surface area contributed by atoms with E-state index in [1.807, 2.05) is 0 Å². The Balaban J connectivity index is 1.59. The molecular formula is C34H46N2O6. The van der Waals surface area contributed by atoms with Crippen molar-refractivity contribution in [2.75, 3.05) is 13.7 Å². The van der Waals surface area contributed by atoms with Gasteiger partial charge in [-0.3, -0.25) is 19.7 Å². The summed E-state index contributed by atoms with van der Waals surface area (Å²) in [7, 11) is 1.56. The molecule has 2 aromatic carbocycles. The summed E-state index contributed by atoms with van der Waals surface area (Å²) in [5, 5.41) is 22.2. The third-order valence-electron chi connectivity index (χ3n) is 8.08. The molecule has 1 saturated heterocycles. The number of amides is 1. The Morgan fingerprint density at radius 3 is 1.79 bits per heavy atom. The molecule has 8 heteroatoms. The summed E-state index contributed by atoms with van der Waals surface area (Å²) in [5.41, 5.74) is 0.790. The van der Waals surface area contributed by atoms with E-state index in [0.29, 0.717) is 17.9 Å². The summed E-state index contributed by atoms with van der Waals surface area (Å²) in [5.74, 6) is -1.10. The number of carbonyl (C=O) groups is 2. The Kier molecular flexibility index (Phi) is 13.5. The van der Waals surface area contributed by atoms with Crippen LogP contribution in [-0.2, 0) is 9.59 Å². The van der Waals surface area contributed by atoms with Gasteiger partial charge in [0.1, 0.15) is 11.5 Å². The van der Waals surface area contributed by atoms with E-state index in [2.05, 4.69) is 6.92 Å². The zero-order chi connectivity index (χ0) is 30.3. The molecule has 1 amide bonds. The number of rotatable bonds is 19. The minimum absolute atomic E-state index is 0.00983. The maximum absolute atomic E-state index is 13.2. The van der Waals surface area contributed by atoms with Crippen molar-refractivity contribution in [3.05, 3.63) is 75.3 Å². The summed E-state index contributed by atoms with van der Waals surface area (Å²) in [4.78, 5) is 38.5. The molecule has 8 nitrogen and oxygen atoms in total. The summed E-state index contributed by atoms with van der Waals surface area (Å²) in [6, 6.07) is 11.6. The normalized spacial score (nSPS) is 16.2. The lowest BCUT2D eigenvalue weighted by molar-refractivity contribution is -0.384. The van der Waals surface area contributed by atoms with Crippen molar-refractivity contribution in [3.63, 3.8) is 0 Å². The molecule has 0 saturated carbocycles. The van der Waals surface area contributed by atoms with Crippen LogP contribution in [0.1, 0.15) is 114 Å². The molecule has 0 aromatic heterocycles. The second-order valence-electron chi connectivity index (χ2n) is 11.2. The molecule has 228 valence electrons. The van der Waals surface area contributed by atoms with Crippen LogP contribution in [0.4, 0.5) is 5.69 Å². The van der Waals surface area contributed by atoms with E-state index in [4.69, 9.17) is 4.74 Å². The van der Waals surface area contributed by atoms with Crippen molar-refractivity contribution >= 4 is 23.1 Å². The number of carbonyl (C=O) groups excluding carboxylic acids is 2. The fourth-order valence-corrected chi connectivity index (χ4v) is 5.62. The van der Waals surface area contributed by atoms with Crippen LogP contribution in [0.25, 0.3) is 5.76 Å². The molecule has 0 bridgehead atoms. The molecule has 1 N–H and O–H groups in total. The van der Waals surface area contributed by atoms with Gasteiger partial charge >= 0.3 is 0 Å². The highest BCUT2D eigenvalue weighted by molar-refractivity contribution is 6.46. The number of nitro groups is 1. The van der Waals surface area contributed by atoms with Crippen LogP contribution in [0.15, 0.2) is 54.1 Å². The lowest BCUT2D eigenvalue weighted by Gasteiger charge is -2.25. The molecule has 2 aromatic rings. The van der Waals surface area contributed by atoms with Gasteiger partial charge in [-0.2, -0.15) is 0 Å². The Morgan fingerprint density at radius 2 is 1.31 bits per heavy atom. The smallest absolute Gasteiger partial charge is 0.295 e. The molecular weight excluding hydrogens is 532 g/mol. The van der Waals surface area contributed by atoms with Crippen molar-refractivity contribution in [1.82, 2.24) is 4.90 Å². The lowest BCUT2D eigenvalue weighted by atomic mass is 9.95. The number of benzene rings is 2. The minimum Gasteiger partial charge on any atom is -0.507 e. The van der Waals surface area contributed by atoms with Crippen LogP contribution in [0, 0.1) is 10.1 Å². The first-order valence-electron chi connectivity index (χ1n) is 15.6. The number of unbranched alkanes of at least 4 members (excludes halogenated alkanes) is 13. The van der Waals surface area contributed by atoms with Crippen LogP contribution in [0.5, 0.6) is 5.75 Å². The molecule has 1 atom stereocenters. The van der Waals surface area contributed by atoms with Gasteiger partial charge in [0.25, 0.3) is 17.4 Å². The van der Waals surface area contributed by atoms with Crippen LogP contribution in [0.3, 0.4) is 0 Å². The monoisotopic (exact) mass is 578 g/mol. The van der Waals surface area contributed by atoms with Gasteiger partial charge in [-0.05, 0) is 36.2 Å². The van der Waals surface area contributed by atoms with Gasteiger partial charge in [-0.15, -0.1) is 0 Å². The fourth-order valence-electron chi connectivity index (χ4n) is 5.62. The Morgan fingerprint density at radius 1 is 0.810 bits per heavy atom. The van der Waals surface area contributed by atoms with Crippen molar-refractivity contribution in [3.8, 4) is 5.75 Å². The topological polar surface area (TPSA) is 110 Å². The number of nitrogens with zero attached hydrogens (tertiary/aromatic N) is 2. The molecule has 1 aliphatic heterocycles. The van der Waals surface area contributed by atoms with E-state index in [-0.39, 0.29) is 22.6 Å². The highest BCUT2D eigenvalue weighted by Gasteiger charge is 2.45. The molecule has 0 radical (unpaired) electrons. The maximum Gasteiger partial charge on any atom is 0.295 e. The Hall–Kier alpha value is -3.68. The average molecular weight is 579 g/mol. The molecule has 1 heterocycles. The van der Waals surface area contributed by atoms with Crippen molar-refractivity contribution in [1.29, 1.82) is 0 Å². The molecule has 42 heavy (non-hydrogen) atoms. The third-order valence-corrected chi connectivity index (χ3v) is 8.08. The van der Waals surface area contributed by atoms with Crippen LogP contribution in [0.2, 0.25) is 0 Å². The Labute approximate surface area is 249 Å². The number of Topliss-reactive ketones (excluding diaryl/α,β-unsaturated/α-hetero) is 1. The second-order valence-corrected chi connectivity index (χ2v) is 11.2. The number of hydrogen-bond donors (Lipinski definition) is 1. The van der Waals surface area contributed by atoms with Crippen molar-refractivity contribution in [2.45, 2.75) is 103 Å². The summed E-state index contributed by atoms with van der Waals surface area (Å²) in [6.07, 6.45) is 17.2. The van der Waals surface area contributed by atoms with Crippen LogP contribution < -0.4 is 4.74 Å². The molecule has 0 aliphatic carbocycles. The van der Waals surface area contributed by atoms with Gasteiger partial charge in [-0.1, -0.05) is 103 Å². The van der Waals surface area contributed by atoms with Gasteiger partial charge in [0, 0.05) is 24.2 Å². The zero-order valence-electron chi connectivity index (χ0n) is 25.2. The molecule has 1 fully saturated rings. The number of ether oxygens (including phenoxy) is 1. The van der Waals surface area contributed by atoms with Gasteiger partial charge in [0.15, 0.2) is 0 Å². The summed E-state index contributed by atoms with van der Waals surface area (Å²) < 4.78 is 5.27. The number of hydrogen-bond acceptors (Lipinski definition) is 6. The minimum atomic E-state index is -0.756. The van der Waals surface area contributed by atoms with E-state index >= 15 is 0 Å². The largest absolute Gasteiger partial charge is 0.507 e. The summed E-state index contributed by atoms with van der Waals surface area (Å²) >= 11 is 0. The standard InChI is InChI=1S/C34H46N2O6/c1-3-4-5-6-7-8-9-10-11-12-13-14-15-16-25-35-31(26-19-23-29(42-2)24-20-26)30(33(38)34(35)39)32(37)27-17-21-28(22-18-27)36(40)41/h17-24,31,37H,3-16,25H2,1-2H3/b32-30+. The first-order chi connectivity index (χ1) is 20.4. The van der Waals surface area contributed by atoms with Gasteiger partial charge in [0.2, 0.25) is 0 Å². The van der Waals surface area contributed by atoms with Crippen molar-refractivity contribution < 1.29 is 24.4 Å². The predicted octanol–water partition coefficient (Wildman–Crippen LogP) is 8.51. The SMILES string of the molecule is CCCCCCCCCCCCCCCCN1C(=O)C(=O)/C(=C(/O)c2ccc([N+](=O)[O-])cc2)C1c1ccc(OC)cc1. The maximum atomic E-state index is 13.2. The summed E-state index contributed by atoms with van der Waals surface area (Å²) in [6.45, 7) is 2.65. The van der Waals surface area contributed by atoms with Gasteiger partial charge in [-0.25, -0.2) is 0 Å². The Bertz CT molecular complexity index is 1190. The number of aliphatic hydroxyl groups is 1. The van der Waals surface area contributed by atoms with Gasteiger partial charge < -0.3 is 14.7 Å². The average Bonchev–Trinajstić information content (AvgIpc) is 3.26. The number of non-ortho nitro benzene ring substituents is 1. The van der Waals surface area contributed by atoms with Gasteiger partial charge in [0.05, 0.1) is 23.6 Å². The van der Waals surface area contributed by atoms with E-state index < -0.39 is 22.7 Å². The van der Waals surface area contributed by atoms with E-state index in [0.717, 1.165) is 25.7 Å². The lowest BCUT2D eigenvalue weighted by Crippen LogP contribution is -2.30. The number of nitro benzene ring substituents is 1. The third kappa shape index (κ3) is 9.16. The van der Waals surface area contributed by atoms with Crippen LogP contribution >= 0.6 is 0 Å². The first kappa shape index (κ1) is 32.8. The van der Waals surface area contributed by atoms with E-state index in [1.165, 1.54) is 88.5 Å². The zero-order valence-corrected chi connectivity index (χ0v) is 25.2. The quantitative estimate of drug-likeness (QED) is 0.0447. The number of methoxy groups -OCH3 is 1. The molecule has 3 rings (SSSR count). The molecule has 1 aliphatic rings. The van der Waals surface area contributed by atoms with E-state index in [9.17, 15) is 24.8 Å². The van der Waals surface area contributed by atoms with E-state index in [1.54, 1.807) is 36.3 Å². The van der Waals surface area contributed by atoms with Crippen molar-refractivity contribution in [2.24, 2.45) is 0 Å². The molecule has 1 unspecified atom stereocenters. The fraction of sp³-hybridized carbons (Fsp3) is 0.529. The molecule has 0 spiro atoms.